The minimum atomic E-state index is -0.606. The van der Waals surface area contributed by atoms with Crippen molar-refractivity contribution in [3.05, 3.63) is 35.4 Å². The van der Waals surface area contributed by atoms with Crippen molar-refractivity contribution in [2.45, 2.75) is 19.4 Å². The van der Waals surface area contributed by atoms with Crippen LogP contribution in [0.3, 0.4) is 0 Å². The lowest BCUT2D eigenvalue weighted by Gasteiger charge is -2.15. The summed E-state index contributed by atoms with van der Waals surface area (Å²) < 4.78 is 0. The molecule has 0 aliphatic heterocycles. The van der Waals surface area contributed by atoms with Crippen molar-refractivity contribution in [2.24, 2.45) is 5.73 Å². The molecule has 0 aliphatic carbocycles. The smallest absolute Gasteiger partial charge is 0.251 e. The van der Waals surface area contributed by atoms with Crippen LogP contribution in [0.25, 0.3) is 0 Å². The summed E-state index contributed by atoms with van der Waals surface area (Å²) in [5.74, 6) is 0.0236. The molecule has 0 aromatic heterocycles. The summed E-state index contributed by atoms with van der Waals surface area (Å²) in [5.41, 5.74) is 6.82. The Morgan fingerprint density at radius 2 is 2.17 bits per heavy atom. The summed E-state index contributed by atoms with van der Waals surface area (Å²) in [6, 6.07) is 6.61. The summed E-state index contributed by atoms with van der Waals surface area (Å²) in [5, 5.41) is 2.67. The molecule has 1 aromatic rings. The van der Waals surface area contributed by atoms with E-state index in [1.807, 2.05) is 25.3 Å². The van der Waals surface area contributed by atoms with Gasteiger partial charge in [0.05, 0.1) is 0 Å². The van der Waals surface area contributed by atoms with E-state index >= 15 is 0 Å². The second-order valence-electron chi connectivity index (χ2n) is 4.08. The Morgan fingerprint density at radius 3 is 2.72 bits per heavy atom. The summed E-state index contributed by atoms with van der Waals surface area (Å²) in [7, 11) is 0. The highest BCUT2D eigenvalue weighted by atomic mass is 32.2. The first-order valence-corrected chi connectivity index (χ1v) is 7.09. The number of amides is 2. The molecule has 0 radical (unpaired) electrons. The predicted molar refractivity (Wildman–Crippen MR) is 74.6 cm³/mol. The number of nitrogens with two attached hydrogens (primary N) is 1. The highest BCUT2D eigenvalue weighted by molar-refractivity contribution is 7.98. The second kappa shape index (κ2) is 7.06. The molecule has 18 heavy (non-hydrogen) atoms. The summed E-state index contributed by atoms with van der Waals surface area (Å²) in [6.45, 7) is 1.91. The summed E-state index contributed by atoms with van der Waals surface area (Å²) in [6.07, 6.45) is 2.49. The summed E-state index contributed by atoms with van der Waals surface area (Å²) in [4.78, 5) is 23.2. The van der Waals surface area contributed by atoms with Crippen molar-refractivity contribution in [1.29, 1.82) is 0 Å². The molecular weight excluding hydrogens is 248 g/mol. The fourth-order valence-corrected chi connectivity index (χ4v) is 2.02. The van der Waals surface area contributed by atoms with Crippen molar-refractivity contribution >= 4 is 23.6 Å². The van der Waals surface area contributed by atoms with Gasteiger partial charge in [-0.15, -0.1) is 0 Å². The molecule has 1 rings (SSSR count). The van der Waals surface area contributed by atoms with Gasteiger partial charge in [0.15, 0.2) is 0 Å². The molecule has 0 spiro atoms. The lowest BCUT2D eigenvalue weighted by molar-refractivity contribution is -0.119. The number of carbonyl (C=O) groups excluding carboxylic acids is 2. The van der Waals surface area contributed by atoms with E-state index in [9.17, 15) is 9.59 Å². The zero-order valence-corrected chi connectivity index (χ0v) is 11.4. The van der Waals surface area contributed by atoms with Gasteiger partial charge in [0.25, 0.3) is 5.91 Å². The molecule has 1 atom stereocenters. The van der Waals surface area contributed by atoms with Crippen molar-refractivity contribution in [1.82, 2.24) is 5.32 Å². The van der Waals surface area contributed by atoms with Crippen molar-refractivity contribution < 1.29 is 9.59 Å². The normalized spacial score (nSPS) is 11.9. The lowest BCUT2D eigenvalue weighted by atomic mass is 10.1. The third-order valence-corrected chi connectivity index (χ3v) is 3.18. The number of benzene rings is 1. The molecule has 0 bridgehead atoms. The van der Waals surface area contributed by atoms with Gasteiger partial charge >= 0.3 is 0 Å². The topological polar surface area (TPSA) is 72.2 Å². The van der Waals surface area contributed by atoms with Crippen LogP contribution < -0.4 is 11.1 Å². The van der Waals surface area contributed by atoms with Gasteiger partial charge in [-0.3, -0.25) is 9.59 Å². The van der Waals surface area contributed by atoms with E-state index in [4.69, 9.17) is 5.73 Å². The molecule has 1 unspecified atom stereocenters. The minimum Gasteiger partial charge on any atom is -0.368 e. The first kappa shape index (κ1) is 14.6. The first-order valence-electron chi connectivity index (χ1n) is 5.70. The highest BCUT2D eigenvalue weighted by Crippen LogP contribution is 2.06. The fraction of sp³-hybridized carbons (Fsp3) is 0.385. The lowest BCUT2D eigenvalue weighted by Crippen LogP contribution is -2.44. The molecule has 0 heterocycles. The Bertz CT molecular complexity index is 435. The zero-order valence-electron chi connectivity index (χ0n) is 10.6. The van der Waals surface area contributed by atoms with Crippen molar-refractivity contribution in [3.63, 3.8) is 0 Å². The van der Waals surface area contributed by atoms with Crippen LogP contribution in [-0.4, -0.2) is 29.9 Å². The summed E-state index contributed by atoms with van der Waals surface area (Å²) >= 11 is 1.61. The number of primary amides is 1. The Balaban J connectivity index is 2.69. The maximum Gasteiger partial charge on any atom is 0.251 e. The number of hydrogen-bond donors (Lipinski definition) is 2. The largest absolute Gasteiger partial charge is 0.368 e. The zero-order chi connectivity index (χ0) is 13.5. The first-order chi connectivity index (χ1) is 8.54. The third-order valence-electron chi connectivity index (χ3n) is 2.54. The van der Waals surface area contributed by atoms with Gasteiger partial charge in [0, 0.05) is 5.56 Å². The van der Waals surface area contributed by atoms with Crippen LogP contribution >= 0.6 is 11.8 Å². The van der Waals surface area contributed by atoms with E-state index in [1.54, 1.807) is 23.9 Å². The molecule has 0 saturated carbocycles. The number of rotatable bonds is 6. The van der Waals surface area contributed by atoms with Gasteiger partial charge in [-0.05, 0) is 37.5 Å². The molecular formula is C13H18N2O2S. The second-order valence-corrected chi connectivity index (χ2v) is 5.06. The van der Waals surface area contributed by atoms with E-state index in [2.05, 4.69) is 5.32 Å². The van der Waals surface area contributed by atoms with Gasteiger partial charge in [-0.25, -0.2) is 0 Å². The van der Waals surface area contributed by atoms with Crippen molar-refractivity contribution in [3.8, 4) is 0 Å². The number of nitrogens with one attached hydrogen (secondary N) is 1. The Kier molecular flexibility index (Phi) is 5.71. The maximum absolute atomic E-state index is 11.9. The number of aryl methyl sites for hydroxylation is 1. The minimum absolute atomic E-state index is 0.261. The van der Waals surface area contributed by atoms with E-state index in [1.165, 1.54) is 0 Å². The Hall–Kier alpha value is -1.49. The van der Waals surface area contributed by atoms with Gasteiger partial charge in [-0.1, -0.05) is 17.7 Å². The molecule has 0 saturated heterocycles. The van der Waals surface area contributed by atoms with E-state index in [0.29, 0.717) is 12.0 Å². The average Bonchev–Trinajstić information content (AvgIpc) is 2.33. The quantitative estimate of drug-likeness (QED) is 0.816. The average molecular weight is 266 g/mol. The molecule has 0 aliphatic rings. The predicted octanol–water partition coefficient (Wildman–Crippen LogP) is 1.33. The Morgan fingerprint density at radius 1 is 1.44 bits per heavy atom. The van der Waals surface area contributed by atoms with Crippen LogP contribution in [-0.2, 0) is 4.79 Å². The monoisotopic (exact) mass is 266 g/mol. The van der Waals surface area contributed by atoms with Crippen LogP contribution in [0.5, 0.6) is 0 Å². The fourth-order valence-electron chi connectivity index (χ4n) is 1.55. The van der Waals surface area contributed by atoms with E-state index in [-0.39, 0.29) is 5.91 Å². The molecule has 98 valence electrons. The van der Waals surface area contributed by atoms with Crippen LogP contribution in [0.15, 0.2) is 24.3 Å². The van der Waals surface area contributed by atoms with Crippen molar-refractivity contribution in [2.75, 3.05) is 12.0 Å². The van der Waals surface area contributed by atoms with Gasteiger partial charge in [-0.2, -0.15) is 11.8 Å². The van der Waals surface area contributed by atoms with E-state index < -0.39 is 11.9 Å². The number of hydrogen-bond acceptors (Lipinski definition) is 3. The van der Waals surface area contributed by atoms with Crippen LogP contribution in [0.2, 0.25) is 0 Å². The molecule has 5 heteroatoms. The molecule has 3 N–H and O–H groups in total. The van der Waals surface area contributed by atoms with Crippen LogP contribution in [0, 0.1) is 6.92 Å². The van der Waals surface area contributed by atoms with Gasteiger partial charge in [0.1, 0.15) is 6.04 Å². The molecule has 0 fully saturated rings. The number of thioether (sulfide) groups is 1. The highest BCUT2D eigenvalue weighted by Gasteiger charge is 2.18. The molecule has 2 amide bonds. The maximum atomic E-state index is 11.9. The molecule has 1 aromatic carbocycles. The number of carbonyl (C=O) groups is 2. The standard InChI is InChI=1S/C13H18N2O2S/c1-9-4-3-5-10(8-9)13(17)15-11(12(14)16)6-7-18-2/h3-5,8,11H,6-7H2,1-2H3,(H2,14,16)(H,15,17). The van der Waals surface area contributed by atoms with Crippen LogP contribution in [0.1, 0.15) is 22.3 Å². The molecule has 4 nitrogen and oxygen atoms in total. The van der Waals surface area contributed by atoms with Crippen LogP contribution in [0.4, 0.5) is 0 Å². The van der Waals surface area contributed by atoms with Gasteiger partial charge in [0.2, 0.25) is 5.91 Å². The van der Waals surface area contributed by atoms with Gasteiger partial charge < -0.3 is 11.1 Å². The third kappa shape index (κ3) is 4.41. The Labute approximate surface area is 111 Å². The van der Waals surface area contributed by atoms with E-state index in [0.717, 1.165) is 11.3 Å². The SMILES string of the molecule is CSCCC(NC(=O)c1cccc(C)c1)C(N)=O.